The Morgan fingerprint density at radius 3 is 2.84 bits per heavy atom. The Balaban J connectivity index is 2.16. The van der Waals surface area contributed by atoms with Crippen LogP contribution in [0.3, 0.4) is 0 Å². The normalized spacial score (nSPS) is 11.1. The third kappa shape index (κ3) is 3.46. The van der Waals surface area contributed by atoms with E-state index in [1.54, 1.807) is 35.2 Å². The molecule has 0 aliphatic rings. The highest BCUT2D eigenvalue weighted by Gasteiger charge is 2.07. The van der Waals surface area contributed by atoms with Crippen molar-refractivity contribution in [3.05, 3.63) is 57.8 Å². The first-order chi connectivity index (χ1) is 9.10. The molecule has 0 radical (unpaired) electrons. The molecular formula is C14H12Cl2N2O. The predicted octanol–water partition coefficient (Wildman–Crippen LogP) is 4.11. The van der Waals surface area contributed by atoms with Crippen molar-refractivity contribution in [3.8, 4) is 0 Å². The fourth-order valence-electron chi connectivity index (χ4n) is 1.59. The summed E-state index contributed by atoms with van der Waals surface area (Å²) in [6.45, 7) is 2.80. The molecule has 0 aliphatic heterocycles. The van der Waals surface area contributed by atoms with Gasteiger partial charge in [0.25, 0.3) is 0 Å². The van der Waals surface area contributed by atoms with E-state index in [-0.39, 0.29) is 5.78 Å². The molecule has 0 spiro atoms. The monoisotopic (exact) mass is 294 g/mol. The fourth-order valence-corrected chi connectivity index (χ4v) is 2.09. The number of hydrogen-bond donors (Lipinski definition) is 0. The second kappa shape index (κ2) is 6.04. The van der Waals surface area contributed by atoms with Crippen LogP contribution in [-0.2, 0) is 6.54 Å². The Hall–Kier alpha value is -1.58. The van der Waals surface area contributed by atoms with Crippen LogP contribution in [0, 0.1) is 0 Å². The molecule has 0 fully saturated rings. The number of aromatic nitrogens is 2. The standard InChI is InChI=1S/C14H12Cl2N2O/c1-2-18-9-10(8-17-18)3-6-14(19)12-5-4-11(15)7-13(12)16/h3-9H,2H2,1H3/b6-3+. The van der Waals surface area contributed by atoms with E-state index in [4.69, 9.17) is 23.2 Å². The summed E-state index contributed by atoms with van der Waals surface area (Å²) < 4.78 is 1.79. The van der Waals surface area contributed by atoms with E-state index in [2.05, 4.69) is 5.10 Å². The number of halogens is 2. The van der Waals surface area contributed by atoms with Crippen LogP contribution < -0.4 is 0 Å². The highest BCUT2D eigenvalue weighted by molar-refractivity contribution is 6.37. The summed E-state index contributed by atoms with van der Waals surface area (Å²) in [5.74, 6) is -0.161. The van der Waals surface area contributed by atoms with Gasteiger partial charge in [0.1, 0.15) is 0 Å². The van der Waals surface area contributed by atoms with E-state index >= 15 is 0 Å². The predicted molar refractivity (Wildman–Crippen MR) is 77.7 cm³/mol. The highest BCUT2D eigenvalue weighted by Crippen LogP contribution is 2.21. The Labute approximate surface area is 121 Å². The number of rotatable bonds is 4. The summed E-state index contributed by atoms with van der Waals surface area (Å²) in [4.78, 5) is 12.0. The van der Waals surface area contributed by atoms with Gasteiger partial charge in [-0.3, -0.25) is 9.48 Å². The number of carbonyl (C=O) groups excluding carboxylic acids is 1. The minimum atomic E-state index is -0.161. The molecule has 0 unspecified atom stereocenters. The van der Waals surface area contributed by atoms with Crippen LogP contribution in [0.1, 0.15) is 22.8 Å². The van der Waals surface area contributed by atoms with Gasteiger partial charge in [-0.15, -0.1) is 0 Å². The molecule has 0 saturated heterocycles. The SMILES string of the molecule is CCn1cc(/C=C/C(=O)c2ccc(Cl)cc2Cl)cn1. The molecule has 3 nitrogen and oxygen atoms in total. The molecule has 0 N–H and O–H groups in total. The summed E-state index contributed by atoms with van der Waals surface area (Å²) in [7, 11) is 0. The van der Waals surface area contributed by atoms with Gasteiger partial charge in [-0.05, 0) is 37.3 Å². The van der Waals surface area contributed by atoms with Crippen LogP contribution in [0.25, 0.3) is 6.08 Å². The average molecular weight is 295 g/mol. The molecule has 98 valence electrons. The lowest BCUT2D eigenvalue weighted by atomic mass is 10.1. The Morgan fingerprint density at radius 2 is 2.21 bits per heavy atom. The zero-order valence-electron chi connectivity index (χ0n) is 10.3. The molecule has 1 heterocycles. The topological polar surface area (TPSA) is 34.9 Å². The van der Waals surface area contributed by atoms with Crippen molar-refractivity contribution in [1.29, 1.82) is 0 Å². The molecule has 1 aromatic carbocycles. The van der Waals surface area contributed by atoms with E-state index in [0.717, 1.165) is 12.1 Å². The zero-order chi connectivity index (χ0) is 13.8. The van der Waals surface area contributed by atoms with Gasteiger partial charge in [0.05, 0.1) is 11.2 Å². The van der Waals surface area contributed by atoms with Crippen LogP contribution in [0.15, 0.2) is 36.7 Å². The van der Waals surface area contributed by atoms with Crippen LogP contribution in [-0.4, -0.2) is 15.6 Å². The molecule has 1 aromatic heterocycles. The van der Waals surface area contributed by atoms with E-state index < -0.39 is 0 Å². The summed E-state index contributed by atoms with van der Waals surface area (Å²) in [6, 6.07) is 4.82. The maximum atomic E-state index is 12.0. The van der Waals surface area contributed by atoms with Crippen LogP contribution >= 0.6 is 23.2 Å². The van der Waals surface area contributed by atoms with Gasteiger partial charge in [0, 0.05) is 28.9 Å². The van der Waals surface area contributed by atoms with Gasteiger partial charge in [-0.1, -0.05) is 23.2 Å². The quantitative estimate of drug-likeness (QED) is 0.628. The highest BCUT2D eigenvalue weighted by atomic mass is 35.5. The van der Waals surface area contributed by atoms with Crippen molar-refractivity contribution in [3.63, 3.8) is 0 Å². The molecule has 19 heavy (non-hydrogen) atoms. The molecular weight excluding hydrogens is 283 g/mol. The lowest BCUT2D eigenvalue weighted by Gasteiger charge is -1.99. The Morgan fingerprint density at radius 1 is 1.42 bits per heavy atom. The lowest BCUT2D eigenvalue weighted by molar-refractivity contribution is 0.104. The number of ketones is 1. The van der Waals surface area contributed by atoms with Crippen molar-refractivity contribution >= 4 is 35.1 Å². The number of nitrogens with zero attached hydrogens (tertiary/aromatic N) is 2. The smallest absolute Gasteiger partial charge is 0.187 e. The minimum Gasteiger partial charge on any atom is -0.289 e. The van der Waals surface area contributed by atoms with Crippen molar-refractivity contribution < 1.29 is 4.79 Å². The maximum Gasteiger partial charge on any atom is 0.187 e. The summed E-state index contributed by atoms with van der Waals surface area (Å²) >= 11 is 11.8. The van der Waals surface area contributed by atoms with E-state index in [1.165, 1.54) is 6.08 Å². The van der Waals surface area contributed by atoms with Gasteiger partial charge in [-0.2, -0.15) is 5.10 Å². The Kier molecular flexibility index (Phi) is 4.40. The van der Waals surface area contributed by atoms with Gasteiger partial charge >= 0.3 is 0 Å². The van der Waals surface area contributed by atoms with Crippen molar-refractivity contribution in [1.82, 2.24) is 9.78 Å². The first-order valence-electron chi connectivity index (χ1n) is 5.80. The molecule has 2 aromatic rings. The van der Waals surface area contributed by atoms with E-state index in [0.29, 0.717) is 15.6 Å². The molecule has 0 bridgehead atoms. The summed E-state index contributed by atoms with van der Waals surface area (Å²) in [6.07, 6.45) is 6.77. The summed E-state index contributed by atoms with van der Waals surface area (Å²) in [5.41, 5.74) is 1.31. The van der Waals surface area contributed by atoms with Crippen molar-refractivity contribution in [2.45, 2.75) is 13.5 Å². The molecule has 5 heteroatoms. The fraction of sp³-hybridized carbons (Fsp3) is 0.143. The molecule has 0 aliphatic carbocycles. The van der Waals surface area contributed by atoms with Gasteiger partial charge in [0.2, 0.25) is 0 Å². The van der Waals surface area contributed by atoms with Gasteiger partial charge < -0.3 is 0 Å². The maximum absolute atomic E-state index is 12.0. The van der Waals surface area contributed by atoms with E-state index in [9.17, 15) is 4.79 Å². The van der Waals surface area contributed by atoms with Crippen LogP contribution in [0.5, 0.6) is 0 Å². The second-order valence-corrected chi connectivity index (χ2v) is 4.79. The van der Waals surface area contributed by atoms with E-state index in [1.807, 2.05) is 13.1 Å². The van der Waals surface area contributed by atoms with Crippen LogP contribution in [0.4, 0.5) is 0 Å². The van der Waals surface area contributed by atoms with Gasteiger partial charge in [0.15, 0.2) is 5.78 Å². The first-order valence-corrected chi connectivity index (χ1v) is 6.55. The first kappa shape index (κ1) is 13.8. The lowest BCUT2D eigenvalue weighted by Crippen LogP contribution is -1.95. The van der Waals surface area contributed by atoms with Gasteiger partial charge in [-0.25, -0.2) is 0 Å². The minimum absolute atomic E-state index is 0.161. The largest absolute Gasteiger partial charge is 0.289 e. The molecule has 2 rings (SSSR count). The number of benzene rings is 1. The van der Waals surface area contributed by atoms with Crippen LogP contribution in [0.2, 0.25) is 10.0 Å². The average Bonchev–Trinajstić information content (AvgIpc) is 2.84. The Bertz CT molecular complexity index is 632. The third-order valence-electron chi connectivity index (χ3n) is 2.60. The zero-order valence-corrected chi connectivity index (χ0v) is 11.8. The number of carbonyl (C=O) groups is 1. The second-order valence-electron chi connectivity index (χ2n) is 3.95. The summed E-state index contributed by atoms with van der Waals surface area (Å²) in [5, 5.41) is 4.99. The molecule has 0 saturated carbocycles. The number of hydrogen-bond acceptors (Lipinski definition) is 2. The molecule has 0 amide bonds. The van der Waals surface area contributed by atoms with Crippen molar-refractivity contribution in [2.24, 2.45) is 0 Å². The number of aryl methyl sites for hydroxylation is 1. The number of allylic oxidation sites excluding steroid dienone is 1. The molecule has 0 atom stereocenters. The third-order valence-corrected chi connectivity index (χ3v) is 3.15. The van der Waals surface area contributed by atoms with Crippen molar-refractivity contribution in [2.75, 3.05) is 0 Å².